The SMILES string of the molecule is O=[N+]([O-])c1ccc(Br)cc1CNCC1CCCCC1. The highest BCUT2D eigenvalue weighted by atomic mass is 79.9. The predicted molar refractivity (Wildman–Crippen MR) is 79.1 cm³/mol. The molecule has 104 valence electrons. The number of nitro benzene ring substituents is 1. The second kappa shape index (κ2) is 7.01. The highest BCUT2D eigenvalue weighted by Gasteiger charge is 2.15. The molecule has 0 radical (unpaired) electrons. The first-order valence-corrected chi connectivity index (χ1v) is 7.59. The average molecular weight is 327 g/mol. The van der Waals surface area contributed by atoms with Gasteiger partial charge in [-0.15, -0.1) is 0 Å². The fraction of sp³-hybridized carbons (Fsp3) is 0.571. The Morgan fingerprint density at radius 2 is 2.05 bits per heavy atom. The van der Waals surface area contributed by atoms with Gasteiger partial charge >= 0.3 is 0 Å². The minimum absolute atomic E-state index is 0.194. The van der Waals surface area contributed by atoms with Gasteiger partial charge in [0.15, 0.2) is 0 Å². The molecule has 1 N–H and O–H groups in total. The third-order valence-corrected chi connectivity index (χ3v) is 4.20. The van der Waals surface area contributed by atoms with E-state index in [0.717, 1.165) is 22.5 Å². The van der Waals surface area contributed by atoms with Crippen LogP contribution < -0.4 is 5.32 Å². The molecule has 0 heterocycles. The number of nitrogens with one attached hydrogen (secondary N) is 1. The lowest BCUT2D eigenvalue weighted by Crippen LogP contribution is -2.24. The maximum absolute atomic E-state index is 11.0. The van der Waals surface area contributed by atoms with Crippen molar-refractivity contribution < 1.29 is 4.92 Å². The second-order valence-corrected chi connectivity index (χ2v) is 6.08. The molecule has 0 atom stereocenters. The Morgan fingerprint density at radius 3 is 2.74 bits per heavy atom. The zero-order valence-electron chi connectivity index (χ0n) is 10.9. The summed E-state index contributed by atoms with van der Waals surface area (Å²) in [5, 5.41) is 14.3. The van der Waals surface area contributed by atoms with Crippen molar-refractivity contribution in [2.75, 3.05) is 6.54 Å². The minimum atomic E-state index is -0.315. The molecule has 0 bridgehead atoms. The van der Waals surface area contributed by atoms with Crippen molar-refractivity contribution in [2.24, 2.45) is 5.92 Å². The molecule has 5 heteroatoms. The molecule has 1 aromatic carbocycles. The van der Waals surface area contributed by atoms with Crippen LogP contribution >= 0.6 is 15.9 Å². The summed E-state index contributed by atoms with van der Waals surface area (Å²) >= 11 is 3.36. The number of halogens is 1. The van der Waals surface area contributed by atoms with E-state index in [0.29, 0.717) is 6.54 Å². The normalized spacial score (nSPS) is 16.5. The van der Waals surface area contributed by atoms with Crippen LogP contribution in [0.4, 0.5) is 5.69 Å². The summed E-state index contributed by atoms with van der Waals surface area (Å²) in [6.07, 6.45) is 6.57. The number of nitrogens with zero attached hydrogens (tertiary/aromatic N) is 1. The zero-order valence-corrected chi connectivity index (χ0v) is 12.5. The van der Waals surface area contributed by atoms with Gasteiger partial charge in [-0.2, -0.15) is 0 Å². The van der Waals surface area contributed by atoms with E-state index in [4.69, 9.17) is 0 Å². The van der Waals surface area contributed by atoms with Gasteiger partial charge in [0.05, 0.1) is 4.92 Å². The molecule has 19 heavy (non-hydrogen) atoms. The summed E-state index contributed by atoms with van der Waals surface area (Å²) in [6.45, 7) is 1.52. The van der Waals surface area contributed by atoms with E-state index < -0.39 is 0 Å². The van der Waals surface area contributed by atoms with Crippen LogP contribution in [0, 0.1) is 16.0 Å². The van der Waals surface area contributed by atoms with Crippen LogP contribution in [0.3, 0.4) is 0 Å². The summed E-state index contributed by atoms with van der Waals surface area (Å²) in [6, 6.07) is 5.09. The van der Waals surface area contributed by atoms with Crippen LogP contribution in [0.15, 0.2) is 22.7 Å². The van der Waals surface area contributed by atoms with Gasteiger partial charge in [-0.25, -0.2) is 0 Å². The molecule has 0 aliphatic heterocycles. The van der Waals surface area contributed by atoms with E-state index in [1.807, 2.05) is 6.07 Å². The van der Waals surface area contributed by atoms with E-state index in [1.165, 1.54) is 32.1 Å². The molecule has 0 saturated heterocycles. The Labute approximate surface area is 121 Å². The lowest BCUT2D eigenvalue weighted by molar-refractivity contribution is -0.385. The van der Waals surface area contributed by atoms with Crippen LogP contribution in [0.25, 0.3) is 0 Å². The van der Waals surface area contributed by atoms with Gasteiger partial charge in [0.2, 0.25) is 0 Å². The van der Waals surface area contributed by atoms with Crippen molar-refractivity contribution in [3.63, 3.8) is 0 Å². The van der Waals surface area contributed by atoms with Gasteiger partial charge in [-0.1, -0.05) is 35.2 Å². The molecule has 1 aromatic rings. The largest absolute Gasteiger partial charge is 0.312 e. The second-order valence-electron chi connectivity index (χ2n) is 5.17. The van der Waals surface area contributed by atoms with E-state index >= 15 is 0 Å². The van der Waals surface area contributed by atoms with Gasteiger partial charge in [-0.3, -0.25) is 10.1 Å². The van der Waals surface area contributed by atoms with Crippen molar-refractivity contribution in [3.05, 3.63) is 38.3 Å². The Morgan fingerprint density at radius 1 is 1.32 bits per heavy atom. The van der Waals surface area contributed by atoms with Crippen molar-refractivity contribution in [1.29, 1.82) is 0 Å². The summed E-state index contributed by atoms with van der Waals surface area (Å²) in [4.78, 5) is 10.6. The summed E-state index contributed by atoms with van der Waals surface area (Å²) in [5.74, 6) is 0.736. The van der Waals surface area contributed by atoms with E-state index in [9.17, 15) is 10.1 Å². The third-order valence-electron chi connectivity index (χ3n) is 3.71. The smallest absolute Gasteiger partial charge is 0.273 e. The van der Waals surface area contributed by atoms with Crippen molar-refractivity contribution in [3.8, 4) is 0 Å². The Hall–Kier alpha value is -0.940. The van der Waals surface area contributed by atoms with Crippen LogP contribution in [-0.4, -0.2) is 11.5 Å². The minimum Gasteiger partial charge on any atom is -0.312 e. The van der Waals surface area contributed by atoms with Crippen LogP contribution in [0.5, 0.6) is 0 Å². The highest BCUT2D eigenvalue weighted by Crippen LogP contribution is 2.24. The highest BCUT2D eigenvalue weighted by molar-refractivity contribution is 9.10. The maximum atomic E-state index is 11.0. The van der Waals surface area contributed by atoms with Gasteiger partial charge in [0.1, 0.15) is 0 Å². The zero-order chi connectivity index (χ0) is 13.7. The lowest BCUT2D eigenvalue weighted by atomic mass is 9.89. The molecule has 2 rings (SSSR count). The lowest BCUT2D eigenvalue weighted by Gasteiger charge is -2.21. The molecule has 0 unspecified atom stereocenters. The molecule has 1 saturated carbocycles. The molecule has 1 aliphatic rings. The Bertz CT molecular complexity index is 445. The first-order valence-electron chi connectivity index (χ1n) is 6.80. The van der Waals surface area contributed by atoms with Gasteiger partial charge in [0, 0.05) is 22.6 Å². The molecular weight excluding hydrogens is 308 g/mol. The van der Waals surface area contributed by atoms with Gasteiger partial charge in [0.25, 0.3) is 5.69 Å². The van der Waals surface area contributed by atoms with E-state index in [-0.39, 0.29) is 10.6 Å². The average Bonchev–Trinajstić information content (AvgIpc) is 2.39. The van der Waals surface area contributed by atoms with E-state index in [1.54, 1.807) is 12.1 Å². The molecule has 0 spiro atoms. The number of nitro groups is 1. The molecule has 4 nitrogen and oxygen atoms in total. The molecule has 1 fully saturated rings. The maximum Gasteiger partial charge on any atom is 0.273 e. The first kappa shape index (κ1) is 14.5. The predicted octanol–water partition coefficient (Wildman–Crippen LogP) is 4.03. The molecule has 0 aromatic heterocycles. The van der Waals surface area contributed by atoms with Crippen LogP contribution in [0.2, 0.25) is 0 Å². The quantitative estimate of drug-likeness (QED) is 0.656. The summed E-state index contributed by atoms with van der Waals surface area (Å²) < 4.78 is 0.882. The number of hydrogen-bond acceptors (Lipinski definition) is 3. The summed E-state index contributed by atoms with van der Waals surface area (Å²) in [5.41, 5.74) is 0.939. The van der Waals surface area contributed by atoms with Crippen molar-refractivity contribution in [1.82, 2.24) is 5.32 Å². The number of rotatable bonds is 5. The van der Waals surface area contributed by atoms with Crippen molar-refractivity contribution >= 4 is 21.6 Å². The Balaban J connectivity index is 1.91. The number of hydrogen-bond donors (Lipinski definition) is 1. The van der Waals surface area contributed by atoms with Crippen molar-refractivity contribution in [2.45, 2.75) is 38.6 Å². The van der Waals surface area contributed by atoms with Crippen LogP contribution in [0.1, 0.15) is 37.7 Å². The fourth-order valence-corrected chi connectivity index (χ4v) is 3.08. The van der Waals surface area contributed by atoms with Gasteiger partial charge < -0.3 is 5.32 Å². The molecular formula is C14H19BrN2O2. The summed E-state index contributed by atoms with van der Waals surface area (Å²) in [7, 11) is 0. The van der Waals surface area contributed by atoms with Crippen LogP contribution in [-0.2, 0) is 6.54 Å². The topological polar surface area (TPSA) is 55.2 Å². The molecule has 0 amide bonds. The fourth-order valence-electron chi connectivity index (χ4n) is 2.68. The third kappa shape index (κ3) is 4.28. The monoisotopic (exact) mass is 326 g/mol. The Kier molecular flexibility index (Phi) is 5.34. The number of benzene rings is 1. The standard InChI is InChI=1S/C14H19BrN2O2/c15-13-6-7-14(17(18)19)12(8-13)10-16-9-11-4-2-1-3-5-11/h6-8,11,16H,1-5,9-10H2. The molecule has 1 aliphatic carbocycles. The first-order chi connectivity index (χ1) is 9.16. The van der Waals surface area contributed by atoms with Gasteiger partial charge in [-0.05, 0) is 37.4 Å². The van der Waals surface area contributed by atoms with E-state index in [2.05, 4.69) is 21.2 Å².